The minimum absolute atomic E-state index is 0.668. The van der Waals surface area contributed by atoms with Crippen molar-refractivity contribution in [1.29, 1.82) is 0 Å². The molecule has 0 spiro atoms. The van der Waals surface area contributed by atoms with Gasteiger partial charge in [-0.1, -0.05) is 6.58 Å². The van der Waals surface area contributed by atoms with Crippen molar-refractivity contribution in [3.05, 3.63) is 34.4 Å². The SMILES string of the molecule is C=NC(=C)/C=C/c1cnc(C)s1. The molecule has 1 aromatic rings. The van der Waals surface area contributed by atoms with Crippen LogP contribution in [0.1, 0.15) is 9.88 Å². The molecule has 0 aliphatic carbocycles. The topological polar surface area (TPSA) is 25.2 Å². The molecule has 62 valence electrons. The van der Waals surface area contributed by atoms with E-state index in [0.29, 0.717) is 5.70 Å². The Kier molecular flexibility index (Phi) is 2.94. The van der Waals surface area contributed by atoms with Crippen LogP contribution in [0.5, 0.6) is 0 Å². The van der Waals surface area contributed by atoms with E-state index in [4.69, 9.17) is 0 Å². The molecule has 1 aromatic heterocycles. The van der Waals surface area contributed by atoms with Gasteiger partial charge in [0, 0.05) is 11.1 Å². The average molecular weight is 178 g/mol. The van der Waals surface area contributed by atoms with E-state index in [9.17, 15) is 0 Å². The van der Waals surface area contributed by atoms with Gasteiger partial charge in [-0.05, 0) is 25.8 Å². The van der Waals surface area contributed by atoms with Crippen LogP contribution >= 0.6 is 11.3 Å². The van der Waals surface area contributed by atoms with Gasteiger partial charge in [-0.25, -0.2) is 4.98 Å². The maximum atomic E-state index is 4.11. The summed E-state index contributed by atoms with van der Waals surface area (Å²) in [5.41, 5.74) is 0.668. The van der Waals surface area contributed by atoms with Gasteiger partial charge in [-0.15, -0.1) is 11.3 Å². The van der Waals surface area contributed by atoms with Crippen LogP contribution in [-0.4, -0.2) is 11.7 Å². The molecule has 3 heteroatoms. The molecule has 0 saturated heterocycles. The van der Waals surface area contributed by atoms with Crippen molar-refractivity contribution in [2.24, 2.45) is 4.99 Å². The van der Waals surface area contributed by atoms with E-state index >= 15 is 0 Å². The van der Waals surface area contributed by atoms with Crippen molar-refractivity contribution < 1.29 is 0 Å². The fourth-order valence-corrected chi connectivity index (χ4v) is 1.37. The van der Waals surface area contributed by atoms with Crippen LogP contribution < -0.4 is 0 Å². The standard InChI is InChI=1S/C9H10N2S/c1-7(10-3)4-5-9-6-11-8(2)12-9/h4-6H,1,3H2,2H3/b5-4+. The van der Waals surface area contributed by atoms with Gasteiger partial charge in [0.05, 0.1) is 10.7 Å². The van der Waals surface area contributed by atoms with E-state index in [1.165, 1.54) is 0 Å². The summed E-state index contributed by atoms with van der Waals surface area (Å²) in [5.74, 6) is 0. The predicted molar refractivity (Wildman–Crippen MR) is 54.6 cm³/mol. The van der Waals surface area contributed by atoms with E-state index < -0.39 is 0 Å². The number of hydrogen-bond acceptors (Lipinski definition) is 3. The van der Waals surface area contributed by atoms with Gasteiger partial charge in [0.2, 0.25) is 0 Å². The van der Waals surface area contributed by atoms with Crippen molar-refractivity contribution in [3.63, 3.8) is 0 Å². The van der Waals surface area contributed by atoms with Crippen molar-refractivity contribution in [3.8, 4) is 0 Å². The van der Waals surface area contributed by atoms with Gasteiger partial charge in [0.1, 0.15) is 0 Å². The molecule has 0 amide bonds. The molecule has 2 nitrogen and oxygen atoms in total. The lowest BCUT2D eigenvalue weighted by Crippen LogP contribution is -1.64. The minimum atomic E-state index is 0.668. The van der Waals surface area contributed by atoms with E-state index in [2.05, 4.69) is 23.3 Å². The Morgan fingerprint density at radius 3 is 3.00 bits per heavy atom. The van der Waals surface area contributed by atoms with Crippen molar-refractivity contribution in [2.75, 3.05) is 0 Å². The molecule has 0 saturated carbocycles. The summed E-state index contributed by atoms with van der Waals surface area (Å²) in [7, 11) is 0. The highest BCUT2D eigenvalue weighted by molar-refractivity contribution is 7.12. The average Bonchev–Trinajstić information content (AvgIpc) is 2.47. The molecule has 12 heavy (non-hydrogen) atoms. The Morgan fingerprint density at radius 1 is 1.75 bits per heavy atom. The third-order valence-corrected chi connectivity index (χ3v) is 2.16. The van der Waals surface area contributed by atoms with Gasteiger partial charge < -0.3 is 0 Å². The Bertz CT molecular complexity index is 323. The Morgan fingerprint density at radius 2 is 2.50 bits per heavy atom. The second-order valence-electron chi connectivity index (χ2n) is 2.26. The third-order valence-electron chi connectivity index (χ3n) is 1.28. The molecule has 0 aliphatic heterocycles. The van der Waals surface area contributed by atoms with Crippen molar-refractivity contribution in [1.82, 2.24) is 4.98 Å². The van der Waals surface area contributed by atoms with Gasteiger partial charge in [0.15, 0.2) is 0 Å². The number of rotatable bonds is 3. The zero-order valence-electron chi connectivity index (χ0n) is 6.95. The minimum Gasteiger partial charge on any atom is -0.265 e. The molecule has 0 bridgehead atoms. The first-order chi connectivity index (χ1) is 5.72. The van der Waals surface area contributed by atoms with Gasteiger partial charge >= 0.3 is 0 Å². The number of hydrogen-bond donors (Lipinski definition) is 0. The molecule has 0 N–H and O–H groups in total. The summed E-state index contributed by atoms with van der Waals surface area (Å²) in [6.07, 6.45) is 5.58. The second-order valence-corrected chi connectivity index (χ2v) is 3.53. The highest BCUT2D eigenvalue weighted by Gasteiger charge is 1.91. The maximum absolute atomic E-state index is 4.11. The summed E-state index contributed by atoms with van der Waals surface area (Å²) in [4.78, 5) is 8.88. The molecule has 0 atom stereocenters. The lowest BCUT2D eigenvalue weighted by molar-refractivity contribution is 1.30. The fraction of sp³-hybridized carbons (Fsp3) is 0.111. The summed E-state index contributed by atoms with van der Waals surface area (Å²) in [6, 6.07) is 0. The largest absolute Gasteiger partial charge is 0.265 e. The summed E-state index contributed by atoms with van der Waals surface area (Å²) >= 11 is 1.64. The van der Waals surface area contributed by atoms with E-state index in [0.717, 1.165) is 9.88 Å². The first-order valence-electron chi connectivity index (χ1n) is 3.48. The molecular formula is C9H10N2S. The molecule has 1 rings (SSSR count). The molecule has 0 fully saturated rings. The van der Waals surface area contributed by atoms with E-state index in [-0.39, 0.29) is 0 Å². The zero-order chi connectivity index (χ0) is 8.97. The second kappa shape index (κ2) is 3.97. The first-order valence-corrected chi connectivity index (χ1v) is 4.30. The zero-order valence-corrected chi connectivity index (χ0v) is 7.77. The molecule has 1 heterocycles. The van der Waals surface area contributed by atoms with Crippen molar-refractivity contribution >= 4 is 24.1 Å². The summed E-state index contributed by atoms with van der Waals surface area (Å²) in [6.45, 7) is 9.00. The first kappa shape index (κ1) is 8.87. The van der Waals surface area contributed by atoms with E-state index in [1.807, 2.05) is 25.3 Å². The number of aliphatic imine (C=N–C) groups is 1. The lowest BCUT2D eigenvalue weighted by Gasteiger charge is -1.84. The number of allylic oxidation sites excluding steroid dienone is 1. The highest BCUT2D eigenvalue weighted by Crippen LogP contribution is 2.13. The van der Waals surface area contributed by atoms with Gasteiger partial charge in [-0.2, -0.15) is 0 Å². The van der Waals surface area contributed by atoms with Gasteiger partial charge in [-0.3, -0.25) is 4.99 Å². The normalized spacial score (nSPS) is 10.4. The monoisotopic (exact) mass is 178 g/mol. The fourth-order valence-electron chi connectivity index (χ4n) is 0.686. The number of nitrogens with zero attached hydrogens (tertiary/aromatic N) is 2. The smallest absolute Gasteiger partial charge is 0.0900 e. The maximum Gasteiger partial charge on any atom is 0.0900 e. The van der Waals surface area contributed by atoms with Crippen LogP contribution in [0.3, 0.4) is 0 Å². The quantitative estimate of drug-likeness (QED) is 0.516. The number of thiazole rings is 1. The lowest BCUT2D eigenvalue weighted by atomic mass is 10.4. The molecule has 0 aromatic carbocycles. The summed E-state index contributed by atoms with van der Waals surface area (Å²) in [5, 5.41) is 1.06. The Hall–Kier alpha value is -1.22. The van der Waals surface area contributed by atoms with Crippen LogP contribution in [0.2, 0.25) is 0 Å². The van der Waals surface area contributed by atoms with Crippen molar-refractivity contribution in [2.45, 2.75) is 6.92 Å². The highest BCUT2D eigenvalue weighted by atomic mass is 32.1. The molecular weight excluding hydrogens is 168 g/mol. The number of aryl methyl sites for hydroxylation is 1. The predicted octanol–water partition coefficient (Wildman–Crippen LogP) is 2.68. The summed E-state index contributed by atoms with van der Waals surface area (Å²) < 4.78 is 0. The van der Waals surface area contributed by atoms with Crippen LogP contribution in [0.15, 0.2) is 29.5 Å². The van der Waals surface area contributed by atoms with Crippen LogP contribution in [0.4, 0.5) is 0 Å². The number of aromatic nitrogens is 1. The molecule has 0 aliphatic rings. The third kappa shape index (κ3) is 2.43. The Balaban J connectivity index is 2.69. The van der Waals surface area contributed by atoms with Gasteiger partial charge in [0.25, 0.3) is 0 Å². The molecule has 0 unspecified atom stereocenters. The van der Waals surface area contributed by atoms with Crippen LogP contribution in [-0.2, 0) is 0 Å². The van der Waals surface area contributed by atoms with E-state index in [1.54, 1.807) is 11.3 Å². The Labute approximate surface area is 76.0 Å². The van der Waals surface area contributed by atoms with Crippen LogP contribution in [0, 0.1) is 6.92 Å². The van der Waals surface area contributed by atoms with Crippen LogP contribution in [0.25, 0.3) is 6.08 Å². The molecule has 0 radical (unpaired) electrons.